The molecule has 0 unspecified atom stereocenters. The number of hydrogen-bond donors (Lipinski definition) is 2. The molecule has 14 heavy (non-hydrogen) atoms. The fraction of sp³-hybridized carbons (Fsp3) is 0.875. The van der Waals surface area contributed by atoms with E-state index in [-0.39, 0.29) is 30.0 Å². The van der Waals surface area contributed by atoms with E-state index < -0.39 is 9.84 Å². The third-order valence-corrected chi connectivity index (χ3v) is 3.90. The van der Waals surface area contributed by atoms with Gasteiger partial charge in [-0.2, -0.15) is 0 Å². The minimum atomic E-state index is -2.90. The number of rotatable bonds is 4. The summed E-state index contributed by atoms with van der Waals surface area (Å²) in [5, 5.41) is 5.57. The molecule has 0 aromatic rings. The second-order valence-corrected chi connectivity index (χ2v) is 5.68. The van der Waals surface area contributed by atoms with Crippen molar-refractivity contribution in [1.82, 2.24) is 10.6 Å². The highest BCUT2D eigenvalue weighted by Crippen LogP contribution is 2.10. The summed E-state index contributed by atoms with van der Waals surface area (Å²) in [6, 6.07) is -0.189. The van der Waals surface area contributed by atoms with Crippen molar-refractivity contribution < 1.29 is 13.2 Å². The van der Waals surface area contributed by atoms with E-state index in [1.54, 1.807) is 0 Å². The molecule has 1 rings (SSSR count). The van der Waals surface area contributed by atoms with E-state index in [0.717, 1.165) is 6.54 Å². The van der Waals surface area contributed by atoms with E-state index in [1.807, 2.05) is 6.92 Å². The highest BCUT2D eigenvalue weighted by atomic mass is 32.2. The lowest BCUT2D eigenvalue weighted by molar-refractivity contribution is -0.120. The van der Waals surface area contributed by atoms with Gasteiger partial charge in [0.1, 0.15) is 0 Å². The lowest BCUT2D eigenvalue weighted by atomic mass is 10.2. The number of sulfone groups is 1. The fourth-order valence-corrected chi connectivity index (χ4v) is 3.10. The molecule has 1 amide bonds. The highest BCUT2D eigenvalue weighted by molar-refractivity contribution is 7.91. The summed E-state index contributed by atoms with van der Waals surface area (Å²) in [7, 11) is -2.90. The molecule has 1 heterocycles. The molecule has 0 radical (unpaired) electrons. The molecule has 0 aliphatic carbocycles. The van der Waals surface area contributed by atoms with Crippen LogP contribution in [0.5, 0.6) is 0 Å². The van der Waals surface area contributed by atoms with E-state index in [2.05, 4.69) is 10.6 Å². The summed E-state index contributed by atoms with van der Waals surface area (Å²) in [5.74, 6) is 0.151. The second-order valence-electron chi connectivity index (χ2n) is 3.45. The van der Waals surface area contributed by atoms with E-state index in [1.165, 1.54) is 0 Å². The van der Waals surface area contributed by atoms with Gasteiger partial charge < -0.3 is 10.6 Å². The van der Waals surface area contributed by atoms with Crippen molar-refractivity contribution in [3.05, 3.63) is 0 Å². The molecule has 1 aliphatic heterocycles. The zero-order valence-corrected chi connectivity index (χ0v) is 9.06. The molecule has 1 saturated heterocycles. The maximum absolute atomic E-state index is 11.2. The van der Waals surface area contributed by atoms with Crippen molar-refractivity contribution in [2.75, 3.05) is 24.6 Å². The van der Waals surface area contributed by atoms with Crippen LogP contribution in [0.1, 0.15) is 13.3 Å². The summed E-state index contributed by atoms with van der Waals surface area (Å²) in [4.78, 5) is 11.2. The van der Waals surface area contributed by atoms with Gasteiger partial charge in [0.2, 0.25) is 5.91 Å². The molecule has 1 aliphatic rings. The van der Waals surface area contributed by atoms with Crippen LogP contribution >= 0.6 is 0 Å². The smallest absolute Gasteiger partial charge is 0.234 e. The van der Waals surface area contributed by atoms with Crippen LogP contribution in [-0.4, -0.2) is 45.0 Å². The summed E-state index contributed by atoms with van der Waals surface area (Å²) in [6.07, 6.45) is 0.542. The van der Waals surface area contributed by atoms with Crippen LogP contribution in [-0.2, 0) is 14.6 Å². The Labute approximate surface area is 84.2 Å². The van der Waals surface area contributed by atoms with Crippen molar-refractivity contribution in [3.8, 4) is 0 Å². The van der Waals surface area contributed by atoms with Crippen molar-refractivity contribution in [2.45, 2.75) is 19.4 Å². The first-order valence-corrected chi connectivity index (χ1v) is 6.56. The van der Waals surface area contributed by atoms with Gasteiger partial charge in [0.15, 0.2) is 9.84 Å². The zero-order valence-electron chi connectivity index (χ0n) is 8.25. The standard InChI is InChI=1S/C8H16N2O3S/c1-2-9-5-8(11)10-7-3-4-14(12,13)6-7/h7,9H,2-6H2,1H3,(H,10,11)/t7-/m0/s1. The summed E-state index contributed by atoms with van der Waals surface area (Å²) in [5.41, 5.74) is 0. The predicted molar refractivity (Wildman–Crippen MR) is 53.7 cm³/mol. The number of likely N-dealkylation sites (N-methyl/N-ethyl adjacent to an activating group) is 1. The normalized spacial score (nSPS) is 24.8. The third kappa shape index (κ3) is 3.63. The van der Waals surface area contributed by atoms with E-state index in [9.17, 15) is 13.2 Å². The number of nitrogens with one attached hydrogen (secondary N) is 2. The molecule has 82 valence electrons. The zero-order chi connectivity index (χ0) is 10.6. The average molecular weight is 220 g/mol. The Hall–Kier alpha value is -0.620. The van der Waals surface area contributed by atoms with E-state index in [4.69, 9.17) is 0 Å². The molecular formula is C8H16N2O3S. The van der Waals surface area contributed by atoms with Gasteiger partial charge in [-0.05, 0) is 13.0 Å². The van der Waals surface area contributed by atoms with Crippen LogP contribution in [0, 0.1) is 0 Å². The Balaban J connectivity index is 2.29. The minimum Gasteiger partial charge on any atom is -0.351 e. The molecule has 2 N–H and O–H groups in total. The molecule has 0 bridgehead atoms. The van der Waals surface area contributed by atoms with E-state index >= 15 is 0 Å². The van der Waals surface area contributed by atoms with Gasteiger partial charge in [-0.1, -0.05) is 6.92 Å². The third-order valence-electron chi connectivity index (χ3n) is 2.13. The van der Waals surface area contributed by atoms with Gasteiger partial charge in [-0.3, -0.25) is 4.79 Å². The SMILES string of the molecule is CCNCC(=O)N[C@H]1CCS(=O)(=O)C1. The molecule has 0 aromatic heterocycles. The summed E-state index contributed by atoms with van der Waals surface area (Å²) >= 11 is 0. The second kappa shape index (κ2) is 4.75. The van der Waals surface area contributed by atoms with Crippen molar-refractivity contribution >= 4 is 15.7 Å². The van der Waals surface area contributed by atoms with Gasteiger partial charge in [0.05, 0.1) is 18.1 Å². The minimum absolute atomic E-state index is 0.0882. The first kappa shape index (κ1) is 11.5. The van der Waals surface area contributed by atoms with Crippen molar-refractivity contribution in [3.63, 3.8) is 0 Å². The van der Waals surface area contributed by atoms with Crippen molar-refractivity contribution in [2.24, 2.45) is 0 Å². The molecular weight excluding hydrogens is 204 g/mol. The predicted octanol–water partition coefficient (Wildman–Crippen LogP) is -1.10. The Morgan fingerprint density at radius 3 is 2.71 bits per heavy atom. The highest BCUT2D eigenvalue weighted by Gasteiger charge is 2.28. The topological polar surface area (TPSA) is 75.3 Å². The number of amides is 1. The van der Waals surface area contributed by atoms with Gasteiger partial charge in [0, 0.05) is 6.04 Å². The Morgan fingerprint density at radius 2 is 2.21 bits per heavy atom. The van der Waals surface area contributed by atoms with E-state index in [0.29, 0.717) is 6.42 Å². The molecule has 6 heteroatoms. The van der Waals surface area contributed by atoms with Gasteiger partial charge in [-0.25, -0.2) is 8.42 Å². The van der Waals surface area contributed by atoms with Gasteiger partial charge >= 0.3 is 0 Å². The molecule has 1 fully saturated rings. The lowest BCUT2D eigenvalue weighted by Gasteiger charge is -2.10. The first-order valence-electron chi connectivity index (χ1n) is 4.74. The fourth-order valence-electron chi connectivity index (χ4n) is 1.43. The largest absolute Gasteiger partial charge is 0.351 e. The Bertz CT molecular complexity index is 300. The first-order chi connectivity index (χ1) is 6.53. The molecule has 0 aromatic carbocycles. The van der Waals surface area contributed by atoms with Crippen LogP contribution in [0.25, 0.3) is 0 Å². The van der Waals surface area contributed by atoms with Crippen LogP contribution in [0.15, 0.2) is 0 Å². The maximum atomic E-state index is 11.2. The van der Waals surface area contributed by atoms with Crippen LogP contribution in [0.3, 0.4) is 0 Å². The average Bonchev–Trinajstić information content (AvgIpc) is 2.42. The Kier molecular flexibility index (Phi) is 3.88. The van der Waals surface area contributed by atoms with Crippen LogP contribution in [0.4, 0.5) is 0 Å². The van der Waals surface area contributed by atoms with Gasteiger partial charge in [-0.15, -0.1) is 0 Å². The maximum Gasteiger partial charge on any atom is 0.234 e. The molecule has 0 saturated carbocycles. The monoisotopic (exact) mass is 220 g/mol. The van der Waals surface area contributed by atoms with Crippen LogP contribution in [0.2, 0.25) is 0 Å². The molecule has 5 nitrogen and oxygen atoms in total. The quantitative estimate of drug-likeness (QED) is 0.630. The lowest BCUT2D eigenvalue weighted by Crippen LogP contribution is -2.40. The molecule has 0 spiro atoms. The summed E-state index contributed by atoms with van der Waals surface area (Å²) in [6.45, 7) is 2.90. The summed E-state index contributed by atoms with van der Waals surface area (Å²) < 4.78 is 22.1. The number of hydrogen-bond acceptors (Lipinski definition) is 4. The molecule has 1 atom stereocenters. The van der Waals surface area contributed by atoms with Crippen LogP contribution < -0.4 is 10.6 Å². The van der Waals surface area contributed by atoms with Crippen molar-refractivity contribution in [1.29, 1.82) is 0 Å². The Morgan fingerprint density at radius 1 is 1.50 bits per heavy atom. The number of carbonyl (C=O) groups excluding carboxylic acids is 1. The van der Waals surface area contributed by atoms with Gasteiger partial charge in [0.25, 0.3) is 0 Å². The number of carbonyl (C=O) groups is 1.